The maximum Gasteiger partial charge on any atom is 0.200 e. The second-order valence-corrected chi connectivity index (χ2v) is 5.00. The van der Waals surface area contributed by atoms with Crippen molar-refractivity contribution in [2.45, 2.75) is 6.92 Å². The molecule has 2 aromatic rings. The van der Waals surface area contributed by atoms with Gasteiger partial charge in [-0.2, -0.15) is 0 Å². The average Bonchev–Trinajstić information content (AvgIpc) is 2.56. The minimum absolute atomic E-state index is 0.0331. The number of aryl methyl sites for hydroxylation is 1. The van der Waals surface area contributed by atoms with Crippen LogP contribution in [0, 0.1) is 6.92 Å². The van der Waals surface area contributed by atoms with Gasteiger partial charge in [0.05, 0.1) is 21.3 Å². The van der Waals surface area contributed by atoms with Crippen molar-refractivity contribution in [1.29, 1.82) is 0 Å². The molecule has 2 N–H and O–H groups in total. The Labute approximate surface area is 135 Å². The molecule has 0 fully saturated rings. The van der Waals surface area contributed by atoms with E-state index >= 15 is 0 Å². The molecule has 122 valence electrons. The highest BCUT2D eigenvalue weighted by Gasteiger charge is 2.10. The Balaban J connectivity index is 2.39. The number of benzene rings is 2. The molecule has 5 heteroatoms. The first-order chi connectivity index (χ1) is 11.0. The Morgan fingerprint density at radius 1 is 0.696 bits per heavy atom. The number of hydrogen-bond donors (Lipinski definition) is 2. The summed E-state index contributed by atoms with van der Waals surface area (Å²) in [7, 11) is 4.48. The van der Waals surface area contributed by atoms with Crippen molar-refractivity contribution in [2.24, 2.45) is 0 Å². The lowest BCUT2D eigenvalue weighted by Gasteiger charge is -2.10. The molecule has 0 aliphatic carbocycles. The number of aromatic hydroxyl groups is 2. The topological polar surface area (TPSA) is 68.2 Å². The molecule has 0 amide bonds. The van der Waals surface area contributed by atoms with E-state index in [0.29, 0.717) is 17.2 Å². The van der Waals surface area contributed by atoms with Gasteiger partial charge in [-0.15, -0.1) is 0 Å². The summed E-state index contributed by atoms with van der Waals surface area (Å²) < 4.78 is 15.4. The summed E-state index contributed by atoms with van der Waals surface area (Å²) in [5.74, 6) is 1.20. The molecule has 23 heavy (non-hydrogen) atoms. The predicted molar refractivity (Wildman–Crippen MR) is 89.5 cm³/mol. The lowest BCUT2D eigenvalue weighted by atomic mass is 10.1. The summed E-state index contributed by atoms with van der Waals surface area (Å²) in [4.78, 5) is 0. The second kappa shape index (κ2) is 6.96. The maximum absolute atomic E-state index is 9.92. The van der Waals surface area contributed by atoms with Gasteiger partial charge in [0.2, 0.25) is 5.75 Å². The van der Waals surface area contributed by atoms with Crippen molar-refractivity contribution in [2.75, 3.05) is 21.3 Å². The van der Waals surface area contributed by atoms with Gasteiger partial charge in [-0.3, -0.25) is 0 Å². The highest BCUT2D eigenvalue weighted by atomic mass is 16.5. The monoisotopic (exact) mass is 316 g/mol. The van der Waals surface area contributed by atoms with E-state index in [1.807, 2.05) is 25.1 Å². The molecule has 5 nitrogen and oxygen atoms in total. The second-order valence-electron chi connectivity index (χ2n) is 5.00. The van der Waals surface area contributed by atoms with Crippen LogP contribution in [0.25, 0.3) is 12.2 Å². The van der Waals surface area contributed by atoms with Crippen molar-refractivity contribution in [1.82, 2.24) is 0 Å². The van der Waals surface area contributed by atoms with Crippen molar-refractivity contribution in [3.8, 4) is 28.7 Å². The first-order valence-electron chi connectivity index (χ1n) is 7.00. The molecule has 0 saturated heterocycles. The van der Waals surface area contributed by atoms with E-state index in [1.165, 1.54) is 21.3 Å². The van der Waals surface area contributed by atoms with E-state index in [0.717, 1.165) is 16.7 Å². The fourth-order valence-corrected chi connectivity index (χ4v) is 2.23. The molecule has 0 aliphatic rings. The Bertz CT molecular complexity index is 709. The Morgan fingerprint density at radius 2 is 1.09 bits per heavy atom. The minimum Gasteiger partial charge on any atom is -0.504 e. The molecule has 0 saturated carbocycles. The van der Waals surface area contributed by atoms with E-state index in [9.17, 15) is 10.2 Å². The molecule has 2 rings (SSSR count). The molecule has 0 radical (unpaired) electrons. The van der Waals surface area contributed by atoms with Crippen LogP contribution >= 0.6 is 0 Å². The molecular weight excluding hydrogens is 296 g/mol. The lowest BCUT2D eigenvalue weighted by Crippen LogP contribution is -1.90. The zero-order valence-corrected chi connectivity index (χ0v) is 13.6. The van der Waals surface area contributed by atoms with Gasteiger partial charge >= 0.3 is 0 Å². The van der Waals surface area contributed by atoms with Gasteiger partial charge in [0, 0.05) is 0 Å². The average molecular weight is 316 g/mol. The van der Waals surface area contributed by atoms with Crippen LogP contribution in [0.2, 0.25) is 0 Å². The fraction of sp³-hybridized carbons (Fsp3) is 0.222. The van der Waals surface area contributed by atoms with Crippen LogP contribution in [0.1, 0.15) is 16.7 Å². The number of hydrogen-bond acceptors (Lipinski definition) is 5. The van der Waals surface area contributed by atoms with Gasteiger partial charge in [-0.05, 0) is 47.9 Å². The molecule has 0 bridgehead atoms. The first kappa shape index (κ1) is 16.5. The molecule has 0 atom stereocenters. The van der Waals surface area contributed by atoms with Crippen LogP contribution in [0.15, 0.2) is 24.3 Å². The van der Waals surface area contributed by atoms with Crippen LogP contribution in [-0.2, 0) is 0 Å². The third kappa shape index (κ3) is 3.51. The number of phenolic OH excluding ortho intramolecular Hbond substituents is 2. The summed E-state index contributed by atoms with van der Waals surface area (Å²) in [5, 5.41) is 19.8. The summed E-state index contributed by atoms with van der Waals surface area (Å²) in [6.07, 6.45) is 3.73. The van der Waals surface area contributed by atoms with E-state index in [1.54, 1.807) is 18.2 Å². The van der Waals surface area contributed by atoms with Crippen LogP contribution in [0.4, 0.5) is 0 Å². The van der Waals surface area contributed by atoms with Gasteiger partial charge in [-0.25, -0.2) is 0 Å². The summed E-state index contributed by atoms with van der Waals surface area (Å²) in [5.41, 5.74) is 2.41. The Hall–Kier alpha value is -2.82. The van der Waals surface area contributed by atoms with Crippen molar-refractivity contribution >= 4 is 12.2 Å². The standard InChI is InChI=1S/C18H20O5/c1-11-7-12(8-14(21-2)17(11)19)5-6-13-9-15(22-3)18(20)16(10-13)23-4/h5-10,19-20H,1-4H3/b6-5+. The zero-order chi connectivity index (χ0) is 17.0. The van der Waals surface area contributed by atoms with E-state index in [-0.39, 0.29) is 11.5 Å². The third-order valence-corrected chi connectivity index (χ3v) is 3.48. The predicted octanol–water partition coefficient (Wildman–Crippen LogP) is 3.60. The number of ether oxygens (including phenoxy) is 3. The molecule has 0 spiro atoms. The molecule has 2 aromatic carbocycles. The van der Waals surface area contributed by atoms with Crippen LogP contribution in [0.5, 0.6) is 28.7 Å². The maximum atomic E-state index is 9.92. The van der Waals surface area contributed by atoms with Crippen molar-refractivity contribution in [3.63, 3.8) is 0 Å². The summed E-state index contributed by atoms with van der Waals surface area (Å²) >= 11 is 0. The van der Waals surface area contributed by atoms with Crippen LogP contribution < -0.4 is 14.2 Å². The van der Waals surface area contributed by atoms with E-state index in [4.69, 9.17) is 14.2 Å². The quantitative estimate of drug-likeness (QED) is 0.825. The smallest absolute Gasteiger partial charge is 0.200 e. The zero-order valence-electron chi connectivity index (χ0n) is 13.6. The van der Waals surface area contributed by atoms with Gasteiger partial charge in [-0.1, -0.05) is 12.2 Å². The summed E-state index contributed by atoms with van der Waals surface area (Å²) in [6.45, 7) is 1.81. The SMILES string of the molecule is COc1cc(/C=C/c2cc(OC)c(O)c(OC)c2)cc(C)c1O. The minimum atomic E-state index is -0.0331. The van der Waals surface area contributed by atoms with Gasteiger partial charge < -0.3 is 24.4 Å². The fourth-order valence-electron chi connectivity index (χ4n) is 2.23. The highest BCUT2D eigenvalue weighted by molar-refractivity contribution is 5.74. The molecule has 0 heterocycles. The van der Waals surface area contributed by atoms with Gasteiger partial charge in [0.15, 0.2) is 23.0 Å². The largest absolute Gasteiger partial charge is 0.504 e. The first-order valence-corrected chi connectivity index (χ1v) is 7.00. The number of phenols is 2. The molecule has 0 aromatic heterocycles. The number of rotatable bonds is 5. The van der Waals surface area contributed by atoms with Gasteiger partial charge in [0.1, 0.15) is 0 Å². The Kier molecular flexibility index (Phi) is 5.01. The van der Waals surface area contributed by atoms with E-state index in [2.05, 4.69) is 0 Å². The van der Waals surface area contributed by atoms with Gasteiger partial charge in [0.25, 0.3) is 0 Å². The van der Waals surface area contributed by atoms with Crippen molar-refractivity contribution < 1.29 is 24.4 Å². The lowest BCUT2D eigenvalue weighted by molar-refractivity contribution is 0.340. The molecular formula is C18H20O5. The molecule has 0 unspecified atom stereocenters. The van der Waals surface area contributed by atoms with E-state index < -0.39 is 0 Å². The normalized spacial score (nSPS) is 10.8. The Morgan fingerprint density at radius 3 is 1.52 bits per heavy atom. The number of methoxy groups -OCH3 is 3. The van der Waals surface area contributed by atoms with Crippen molar-refractivity contribution in [3.05, 3.63) is 41.0 Å². The third-order valence-electron chi connectivity index (χ3n) is 3.48. The van der Waals surface area contributed by atoms with Crippen LogP contribution in [-0.4, -0.2) is 31.5 Å². The summed E-state index contributed by atoms with van der Waals surface area (Å²) in [6, 6.07) is 7.01. The van der Waals surface area contributed by atoms with Crippen LogP contribution in [0.3, 0.4) is 0 Å². The molecule has 0 aliphatic heterocycles. The highest BCUT2D eigenvalue weighted by Crippen LogP contribution is 2.38.